The van der Waals surface area contributed by atoms with E-state index < -0.39 is 17.5 Å². The summed E-state index contributed by atoms with van der Waals surface area (Å²) < 4.78 is 26.7. The van der Waals surface area contributed by atoms with Crippen molar-refractivity contribution < 1.29 is 18.4 Å². The number of carbonyl (C=O) groups excluding carboxylic acids is 2. The fourth-order valence-electron chi connectivity index (χ4n) is 2.90. The molecule has 0 aromatic heterocycles. The number of hydrogen-bond donors (Lipinski definition) is 2. The Kier molecular flexibility index (Phi) is 9.51. The minimum absolute atomic E-state index is 0. The van der Waals surface area contributed by atoms with Gasteiger partial charge >= 0.3 is 0 Å². The Balaban J connectivity index is 0.00000338. The maximum atomic E-state index is 13.7. The van der Waals surface area contributed by atoms with Crippen LogP contribution in [0.3, 0.4) is 0 Å². The Bertz CT molecular complexity index is 608. The molecule has 1 aliphatic heterocycles. The molecule has 146 valence electrons. The molecular weight excluding hydrogens is 364 g/mol. The predicted octanol–water partition coefficient (Wildman–Crippen LogP) is 2.35. The molecule has 2 rings (SSSR count). The molecule has 0 bridgehead atoms. The summed E-state index contributed by atoms with van der Waals surface area (Å²) in [4.78, 5) is 26.0. The van der Waals surface area contributed by atoms with Gasteiger partial charge in [-0.25, -0.2) is 8.78 Å². The Hall–Kier alpha value is -1.73. The van der Waals surface area contributed by atoms with Crippen molar-refractivity contribution in [3.63, 3.8) is 0 Å². The van der Waals surface area contributed by atoms with E-state index in [1.165, 1.54) is 4.90 Å². The van der Waals surface area contributed by atoms with Crippen molar-refractivity contribution in [2.24, 2.45) is 5.92 Å². The van der Waals surface area contributed by atoms with Crippen LogP contribution in [0.5, 0.6) is 0 Å². The highest BCUT2D eigenvalue weighted by molar-refractivity contribution is 5.94. The third-order valence-corrected chi connectivity index (χ3v) is 4.34. The molecule has 1 fully saturated rings. The molecule has 0 aliphatic carbocycles. The zero-order valence-corrected chi connectivity index (χ0v) is 15.7. The van der Waals surface area contributed by atoms with Crippen LogP contribution in [0.2, 0.25) is 0 Å². The number of halogens is 3. The maximum absolute atomic E-state index is 13.7. The highest BCUT2D eigenvalue weighted by atomic mass is 35.5. The van der Waals surface area contributed by atoms with Crippen molar-refractivity contribution in [1.29, 1.82) is 0 Å². The predicted molar refractivity (Wildman–Crippen MR) is 98.4 cm³/mol. The molecule has 0 spiro atoms. The van der Waals surface area contributed by atoms with E-state index in [4.69, 9.17) is 0 Å². The molecule has 2 amide bonds. The van der Waals surface area contributed by atoms with Crippen molar-refractivity contribution in [2.45, 2.75) is 26.2 Å². The third kappa shape index (κ3) is 6.21. The van der Waals surface area contributed by atoms with E-state index in [0.717, 1.165) is 31.6 Å². The lowest BCUT2D eigenvalue weighted by molar-refractivity contribution is -0.126. The molecular formula is C18H26ClF2N3O2. The van der Waals surface area contributed by atoms with E-state index in [2.05, 4.69) is 17.6 Å². The minimum atomic E-state index is -0.857. The van der Waals surface area contributed by atoms with E-state index in [-0.39, 0.29) is 29.8 Å². The summed E-state index contributed by atoms with van der Waals surface area (Å²) >= 11 is 0. The first-order valence-electron chi connectivity index (χ1n) is 8.75. The summed E-state index contributed by atoms with van der Waals surface area (Å²) in [5, 5.41) is 6.11. The molecule has 8 heteroatoms. The summed E-state index contributed by atoms with van der Waals surface area (Å²) in [6, 6.07) is 2.94. The molecule has 26 heavy (non-hydrogen) atoms. The number of nitrogens with one attached hydrogen (secondary N) is 2. The first-order valence-corrected chi connectivity index (χ1v) is 8.75. The second-order valence-corrected chi connectivity index (χ2v) is 6.23. The lowest BCUT2D eigenvalue weighted by Crippen LogP contribution is -2.44. The zero-order chi connectivity index (χ0) is 18.2. The fourth-order valence-corrected chi connectivity index (χ4v) is 2.90. The molecule has 5 nitrogen and oxygen atoms in total. The van der Waals surface area contributed by atoms with Crippen LogP contribution in [-0.2, 0) is 4.79 Å². The van der Waals surface area contributed by atoms with Gasteiger partial charge in [-0.05, 0) is 37.9 Å². The number of amides is 2. The van der Waals surface area contributed by atoms with Gasteiger partial charge in [0, 0.05) is 38.2 Å². The van der Waals surface area contributed by atoms with Gasteiger partial charge in [-0.2, -0.15) is 0 Å². The smallest absolute Gasteiger partial charge is 0.256 e. The molecule has 1 aliphatic rings. The Morgan fingerprint density at radius 1 is 1.15 bits per heavy atom. The van der Waals surface area contributed by atoms with Crippen LogP contribution in [0.1, 0.15) is 36.5 Å². The summed E-state index contributed by atoms with van der Waals surface area (Å²) in [6.07, 6.45) is 2.14. The average molecular weight is 390 g/mol. The Morgan fingerprint density at radius 3 is 2.46 bits per heavy atom. The van der Waals surface area contributed by atoms with Crippen LogP contribution < -0.4 is 10.6 Å². The second kappa shape index (κ2) is 11.1. The van der Waals surface area contributed by atoms with Gasteiger partial charge in [0.25, 0.3) is 5.91 Å². The molecule has 1 saturated heterocycles. The molecule has 1 heterocycles. The van der Waals surface area contributed by atoms with Crippen LogP contribution in [0.4, 0.5) is 8.78 Å². The SMILES string of the molecule is CCCNCCNC(=O)C1CCN(C(=O)c2ccc(F)cc2F)CC1.Cl. The van der Waals surface area contributed by atoms with Crippen molar-refractivity contribution in [3.05, 3.63) is 35.4 Å². The Morgan fingerprint density at radius 2 is 1.85 bits per heavy atom. The number of likely N-dealkylation sites (tertiary alicyclic amines) is 1. The van der Waals surface area contributed by atoms with Gasteiger partial charge in [0.15, 0.2) is 0 Å². The van der Waals surface area contributed by atoms with E-state index in [0.29, 0.717) is 38.5 Å². The number of piperidine rings is 1. The van der Waals surface area contributed by atoms with E-state index in [1.807, 2.05) is 0 Å². The van der Waals surface area contributed by atoms with Crippen LogP contribution in [-0.4, -0.2) is 49.4 Å². The first kappa shape index (κ1) is 22.3. The number of carbonyl (C=O) groups is 2. The van der Waals surface area contributed by atoms with Crippen LogP contribution in [0.15, 0.2) is 18.2 Å². The van der Waals surface area contributed by atoms with Gasteiger partial charge in [-0.15, -0.1) is 12.4 Å². The van der Waals surface area contributed by atoms with Gasteiger partial charge in [0.1, 0.15) is 11.6 Å². The molecule has 1 aromatic rings. The second-order valence-electron chi connectivity index (χ2n) is 6.23. The molecule has 0 saturated carbocycles. The molecule has 0 unspecified atom stereocenters. The normalized spacial score (nSPS) is 14.7. The molecule has 1 aromatic carbocycles. The zero-order valence-electron chi connectivity index (χ0n) is 14.9. The topological polar surface area (TPSA) is 61.4 Å². The highest BCUT2D eigenvalue weighted by Crippen LogP contribution is 2.20. The van der Waals surface area contributed by atoms with Crippen LogP contribution >= 0.6 is 12.4 Å². The largest absolute Gasteiger partial charge is 0.355 e. The summed E-state index contributed by atoms with van der Waals surface area (Å²) in [5.41, 5.74) is -0.133. The van der Waals surface area contributed by atoms with E-state index in [1.54, 1.807) is 0 Å². The Labute approximate surface area is 158 Å². The summed E-state index contributed by atoms with van der Waals surface area (Å²) in [6.45, 7) is 5.11. The van der Waals surface area contributed by atoms with Crippen LogP contribution in [0, 0.1) is 17.6 Å². The lowest BCUT2D eigenvalue weighted by atomic mass is 9.95. The first-order chi connectivity index (χ1) is 12.0. The fraction of sp³-hybridized carbons (Fsp3) is 0.556. The molecule has 0 atom stereocenters. The van der Waals surface area contributed by atoms with Gasteiger partial charge in [0.2, 0.25) is 5.91 Å². The summed E-state index contributed by atoms with van der Waals surface area (Å²) in [7, 11) is 0. The van der Waals surface area contributed by atoms with E-state index >= 15 is 0 Å². The standard InChI is InChI=1S/C18H25F2N3O2.ClH/c1-2-7-21-8-9-22-17(24)13-5-10-23(11-6-13)18(25)15-4-3-14(19)12-16(15)20;/h3-4,12-13,21H,2,5-11H2,1H3,(H,22,24);1H. The minimum Gasteiger partial charge on any atom is -0.355 e. The van der Waals surface area contributed by atoms with Gasteiger partial charge in [-0.1, -0.05) is 6.92 Å². The maximum Gasteiger partial charge on any atom is 0.256 e. The van der Waals surface area contributed by atoms with Gasteiger partial charge in [-0.3, -0.25) is 9.59 Å². The molecule has 2 N–H and O–H groups in total. The number of hydrogen-bond acceptors (Lipinski definition) is 3. The number of rotatable bonds is 7. The van der Waals surface area contributed by atoms with Crippen molar-refractivity contribution >= 4 is 24.2 Å². The van der Waals surface area contributed by atoms with E-state index in [9.17, 15) is 18.4 Å². The van der Waals surface area contributed by atoms with Gasteiger partial charge < -0.3 is 15.5 Å². The molecule has 0 radical (unpaired) electrons. The quantitative estimate of drug-likeness (QED) is 0.704. The number of nitrogens with zero attached hydrogens (tertiary/aromatic N) is 1. The van der Waals surface area contributed by atoms with Crippen LogP contribution in [0.25, 0.3) is 0 Å². The average Bonchev–Trinajstić information content (AvgIpc) is 2.61. The van der Waals surface area contributed by atoms with Crippen molar-refractivity contribution in [2.75, 3.05) is 32.7 Å². The highest BCUT2D eigenvalue weighted by Gasteiger charge is 2.28. The number of benzene rings is 1. The summed E-state index contributed by atoms with van der Waals surface area (Å²) in [5.74, 6) is -2.16. The van der Waals surface area contributed by atoms with Crippen molar-refractivity contribution in [3.8, 4) is 0 Å². The van der Waals surface area contributed by atoms with Crippen molar-refractivity contribution in [1.82, 2.24) is 15.5 Å². The monoisotopic (exact) mass is 389 g/mol. The van der Waals surface area contributed by atoms with Gasteiger partial charge in [0.05, 0.1) is 5.56 Å². The third-order valence-electron chi connectivity index (χ3n) is 4.34. The lowest BCUT2D eigenvalue weighted by Gasteiger charge is -2.31.